The third kappa shape index (κ3) is 4.49. The van der Waals surface area contributed by atoms with Crippen molar-refractivity contribution in [3.63, 3.8) is 0 Å². The summed E-state index contributed by atoms with van der Waals surface area (Å²) in [5.41, 5.74) is 0. The van der Waals surface area contributed by atoms with Gasteiger partial charge in [0.25, 0.3) is 0 Å². The van der Waals surface area contributed by atoms with Crippen molar-refractivity contribution in [2.75, 3.05) is 50.7 Å². The van der Waals surface area contributed by atoms with Gasteiger partial charge < -0.3 is 19.2 Å². The molecule has 0 spiro atoms. The third-order valence-electron chi connectivity index (χ3n) is 5.73. The standard InChI is InChI=1S/C20H28N6O2/c1-16-22-20(28-23-16)17-5-9-24(10-6-17)11-7-19(27)26-14-12-25(13-15-26)18-4-2-3-8-21-18/h2-4,8,17H,5-7,9-15H2,1H3. The molecule has 0 bridgehead atoms. The van der Waals surface area contributed by atoms with Gasteiger partial charge >= 0.3 is 0 Å². The van der Waals surface area contributed by atoms with Crippen LogP contribution in [0.15, 0.2) is 28.9 Å². The van der Waals surface area contributed by atoms with E-state index in [1.807, 2.05) is 36.2 Å². The van der Waals surface area contributed by atoms with E-state index in [0.717, 1.165) is 70.4 Å². The fourth-order valence-corrected chi connectivity index (χ4v) is 4.02. The molecule has 1 amide bonds. The van der Waals surface area contributed by atoms with Crippen LogP contribution in [0.5, 0.6) is 0 Å². The first-order valence-corrected chi connectivity index (χ1v) is 10.2. The molecule has 0 unspecified atom stereocenters. The first-order valence-electron chi connectivity index (χ1n) is 10.2. The number of rotatable bonds is 5. The van der Waals surface area contributed by atoms with Gasteiger partial charge in [-0.15, -0.1) is 0 Å². The molecule has 8 heteroatoms. The Kier molecular flexibility index (Phi) is 5.85. The van der Waals surface area contributed by atoms with Crippen molar-refractivity contribution in [3.8, 4) is 0 Å². The van der Waals surface area contributed by atoms with Crippen LogP contribution in [0.25, 0.3) is 0 Å². The van der Waals surface area contributed by atoms with Crippen LogP contribution in [0.4, 0.5) is 5.82 Å². The Morgan fingerprint density at radius 2 is 1.93 bits per heavy atom. The van der Waals surface area contributed by atoms with Gasteiger partial charge in [-0.2, -0.15) is 4.98 Å². The van der Waals surface area contributed by atoms with Crippen LogP contribution in [-0.4, -0.2) is 76.6 Å². The molecule has 2 aromatic rings. The van der Waals surface area contributed by atoms with Gasteiger partial charge in [0.1, 0.15) is 5.82 Å². The molecule has 2 saturated heterocycles. The number of pyridine rings is 1. The van der Waals surface area contributed by atoms with Gasteiger partial charge in [-0.3, -0.25) is 4.79 Å². The largest absolute Gasteiger partial charge is 0.353 e. The van der Waals surface area contributed by atoms with Crippen molar-refractivity contribution in [2.45, 2.75) is 32.1 Å². The van der Waals surface area contributed by atoms with Crippen LogP contribution in [0.2, 0.25) is 0 Å². The second-order valence-corrected chi connectivity index (χ2v) is 7.60. The zero-order chi connectivity index (χ0) is 19.3. The number of carbonyl (C=O) groups excluding carboxylic acids is 1. The molecule has 0 atom stereocenters. The van der Waals surface area contributed by atoms with Gasteiger partial charge in [0, 0.05) is 51.3 Å². The second-order valence-electron chi connectivity index (χ2n) is 7.60. The Bertz CT molecular complexity index is 764. The fraction of sp³-hybridized carbons (Fsp3) is 0.600. The molecule has 2 aliphatic heterocycles. The maximum Gasteiger partial charge on any atom is 0.229 e. The summed E-state index contributed by atoms with van der Waals surface area (Å²) in [7, 11) is 0. The van der Waals surface area contributed by atoms with E-state index in [0.29, 0.717) is 18.2 Å². The Morgan fingerprint density at radius 1 is 1.14 bits per heavy atom. The first kappa shape index (κ1) is 18.9. The third-order valence-corrected chi connectivity index (χ3v) is 5.73. The van der Waals surface area contributed by atoms with Crippen LogP contribution < -0.4 is 4.90 Å². The minimum atomic E-state index is 0.260. The number of amides is 1. The lowest BCUT2D eigenvalue weighted by atomic mass is 9.96. The second kappa shape index (κ2) is 8.68. The number of aryl methyl sites for hydroxylation is 1. The molecule has 2 aromatic heterocycles. The summed E-state index contributed by atoms with van der Waals surface area (Å²) >= 11 is 0. The average Bonchev–Trinajstić information content (AvgIpc) is 3.19. The molecule has 0 aromatic carbocycles. The normalized spacial score (nSPS) is 19.2. The maximum absolute atomic E-state index is 12.6. The summed E-state index contributed by atoms with van der Waals surface area (Å²) in [6.07, 6.45) is 4.43. The fourth-order valence-electron chi connectivity index (χ4n) is 4.02. The van der Waals surface area contributed by atoms with Crippen molar-refractivity contribution < 1.29 is 9.32 Å². The quantitative estimate of drug-likeness (QED) is 0.776. The van der Waals surface area contributed by atoms with E-state index in [9.17, 15) is 4.79 Å². The van der Waals surface area contributed by atoms with E-state index in [1.165, 1.54) is 0 Å². The molecule has 0 saturated carbocycles. The number of aromatic nitrogens is 3. The van der Waals surface area contributed by atoms with Crippen molar-refractivity contribution in [1.82, 2.24) is 24.9 Å². The van der Waals surface area contributed by atoms with E-state index >= 15 is 0 Å². The van der Waals surface area contributed by atoms with E-state index in [1.54, 1.807) is 0 Å². The molecule has 2 fully saturated rings. The van der Waals surface area contributed by atoms with E-state index < -0.39 is 0 Å². The number of piperidine rings is 1. The number of carbonyl (C=O) groups is 1. The number of anilines is 1. The van der Waals surface area contributed by atoms with Crippen LogP contribution in [0.1, 0.15) is 36.9 Å². The molecule has 4 rings (SSSR count). The number of hydrogen-bond acceptors (Lipinski definition) is 7. The Labute approximate surface area is 165 Å². The molecular weight excluding hydrogens is 356 g/mol. The highest BCUT2D eigenvalue weighted by Gasteiger charge is 2.26. The maximum atomic E-state index is 12.6. The van der Waals surface area contributed by atoms with Crippen molar-refractivity contribution in [2.24, 2.45) is 0 Å². The summed E-state index contributed by atoms with van der Waals surface area (Å²) in [4.78, 5) is 28.0. The zero-order valence-corrected chi connectivity index (χ0v) is 16.5. The zero-order valence-electron chi connectivity index (χ0n) is 16.5. The van der Waals surface area contributed by atoms with E-state index in [2.05, 4.69) is 24.9 Å². The summed E-state index contributed by atoms with van der Waals surface area (Å²) in [5, 5.41) is 3.89. The van der Waals surface area contributed by atoms with Crippen LogP contribution in [0, 0.1) is 6.92 Å². The minimum absolute atomic E-state index is 0.260. The summed E-state index contributed by atoms with van der Waals surface area (Å²) in [5.74, 6) is 3.07. The van der Waals surface area contributed by atoms with Crippen molar-refractivity contribution in [3.05, 3.63) is 36.1 Å². The highest BCUT2D eigenvalue weighted by atomic mass is 16.5. The Morgan fingerprint density at radius 3 is 2.57 bits per heavy atom. The van der Waals surface area contributed by atoms with Gasteiger partial charge in [-0.25, -0.2) is 4.98 Å². The number of piperazine rings is 1. The SMILES string of the molecule is Cc1noc(C2CCN(CCC(=O)N3CCN(c4ccccn4)CC3)CC2)n1. The predicted octanol–water partition coefficient (Wildman–Crippen LogP) is 1.69. The number of likely N-dealkylation sites (tertiary alicyclic amines) is 1. The molecule has 0 aliphatic carbocycles. The van der Waals surface area contributed by atoms with E-state index in [-0.39, 0.29) is 5.91 Å². The van der Waals surface area contributed by atoms with Gasteiger partial charge in [-0.05, 0) is 45.0 Å². The number of hydrogen-bond donors (Lipinski definition) is 0. The average molecular weight is 384 g/mol. The lowest BCUT2D eigenvalue weighted by Gasteiger charge is -2.36. The molecule has 0 radical (unpaired) electrons. The highest BCUT2D eigenvalue weighted by molar-refractivity contribution is 5.76. The van der Waals surface area contributed by atoms with Crippen LogP contribution in [-0.2, 0) is 4.79 Å². The summed E-state index contributed by atoms with van der Waals surface area (Å²) in [6.45, 7) is 7.87. The monoisotopic (exact) mass is 384 g/mol. The molecule has 0 N–H and O–H groups in total. The predicted molar refractivity (Wildman–Crippen MR) is 105 cm³/mol. The highest BCUT2D eigenvalue weighted by Crippen LogP contribution is 2.26. The van der Waals surface area contributed by atoms with Crippen LogP contribution >= 0.6 is 0 Å². The smallest absolute Gasteiger partial charge is 0.229 e. The molecule has 150 valence electrons. The lowest BCUT2D eigenvalue weighted by molar-refractivity contribution is -0.131. The van der Waals surface area contributed by atoms with E-state index in [4.69, 9.17) is 4.52 Å². The van der Waals surface area contributed by atoms with Gasteiger partial charge in [0.15, 0.2) is 5.82 Å². The molecule has 2 aliphatic rings. The summed E-state index contributed by atoms with van der Waals surface area (Å²) < 4.78 is 5.31. The summed E-state index contributed by atoms with van der Waals surface area (Å²) in [6, 6.07) is 5.95. The van der Waals surface area contributed by atoms with Gasteiger partial charge in [0.05, 0.1) is 0 Å². The van der Waals surface area contributed by atoms with Crippen LogP contribution in [0.3, 0.4) is 0 Å². The van der Waals surface area contributed by atoms with Gasteiger partial charge in [0.2, 0.25) is 11.8 Å². The first-order chi connectivity index (χ1) is 13.7. The molecule has 4 heterocycles. The lowest BCUT2D eigenvalue weighted by Crippen LogP contribution is -2.49. The van der Waals surface area contributed by atoms with Gasteiger partial charge in [-0.1, -0.05) is 11.2 Å². The molecule has 28 heavy (non-hydrogen) atoms. The molecular formula is C20H28N6O2. The number of nitrogens with zero attached hydrogens (tertiary/aromatic N) is 6. The van der Waals surface area contributed by atoms with Crippen molar-refractivity contribution >= 4 is 11.7 Å². The Balaban J connectivity index is 1.17. The molecule has 8 nitrogen and oxygen atoms in total. The minimum Gasteiger partial charge on any atom is -0.353 e. The topological polar surface area (TPSA) is 78.6 Å². The Hall–Kier alpha value is -2.48. The van der Waals surface area contributed by atoms with Crippen molar-refractivity contribution in [1.29, 1.82) is 0 Å².